The lowest BCUT2D eigenvalue weighted by Crippen LogP contribution is -1.98. The van der Waals surface area contributed by atoms with Crippen molar-refractivity contribution < 1.29 is 5.11 Å². The molecule has 0 aliphatic heterocycles. The highest BCUT2D eigenvalue weighted by atomic mass is 35.5. The number of nitrogens with zero attached hydrogens (tertiary/aromatic N) is 2. The van der Waals surface area contributed by atoms with Gasteiger partial charge in [-0.3, -0.25) is 4.68 Å². The van der Waals surface area contributed by atoms with Crippen molar-refractivity contribution in [2.24, 2.45) is 0 Å². The van der Waals surface area contributed by atoms with Crippen molar-refractivity contribution in [3.05, 3.63) is 34.4 Å². The average Bonchev–Trinajstić information content (AvgIpc) is 2.71. The Bertz CT molecular complexity index is 523. The number of aromatic hydroxyl groups is 1. The predicted octanol–water partition coefficient (Wildman–Crippen LogP) is 3.58. The van der Waals surface area contributed by atoms with E-state index in [0.29, 0.717) is 5.02 Å². The zero-order chi connectivity index (χ0) is 11.7. The molecule has 2 aromatic rings. The minimum atomic E-state index is -0.0158. The van der Waals surface area contributed by atoms with E-state index in [0.717, 1.165) is 17.8 Å². The normalized spacial score (nSPS) is 10.7. The van der Waals surface area contributed by atoms with Crippen LogP contribution in [-0.4, -0.2) is 14.9 Å². The van der Waals surface area contributed by atoms with Gasteiger partial charge < -0.3 is 5.11 Å². The number of aryl methyl sites for hydroxylation is 1. The average molecular weight is 257 g/mol. The van der Waals surface area contributed by atoms with Gasteiger partial charge in [0, 0.05) is 24.4 Å². The van der Waals surface area contributed by atoms with Crippen LogP contribution in [0.4, 0.5) is 0 Å². The number of aromatic nitrogens is 2. The van der Waals surface area contributed by atoms with E-state index in [1.54, 1.807) is 12.3 Å². The maximum absolute atomic E-state index is 9.41. The molecular weight excluding hydrogens is 247 g/mol. The quantitative estimate of drug-likeness (QED) is 0.892. The van der Waals surface area contributed by atoms with Crippen molar-refractivity contribution in [2.45, 2.75) is 13.5 Å². The van der Waals surface area contributed by atoms with Crippen molar-refractivity contribution in [2.75, 3.05) is 0 Å². The summed E-state index contributed by atoms with van der Waals surface area (Å²) >= 11 is 11.9. The summed E-state index contributed by atoms with van der Waals surface area (Å²) in [5, 5.41) is 14.3. The summed E-state index contributed by atoms with van der Waals surface area (Å²) in [6.45, 7) is 2.74. The molecule has 3 nitrogen and oxygen atoms in total. The first-order chi connectivity index (χ1) is 7.63. The second-order valence-electron chi connectivity index (χ2n) is 3.32. The first-order valence-corrected chi connectivity index (χ1v) is 5.59. The molecule has 0 aliphatic rings. The van der Waals surface area contributed by atoms with Crippen LogP contribution in [0.3, 0.4) is 0 Å². The summed E-state index contributed by atoms with van der Waals surface area (Å²) in [6, 6.07) is 4.94. The Morgan fingerprint density at radius 2 is 2.06 bits per heavy atom. The predicted molar refractivity (Wildman–Crippen MR) is 65.0 cm³/mol. The number of halogens is 2. The summed E-state index contributed by atoms with van der Waals surface area (Å²) < 4.78 is 1.81. The molecule has 2 rings (SSSR count). The van der Waals surface area contributed by atoms with Gasteiger partial charge in [0.1, 0.15) is 5.75 Å². The van der Waals surface area contributed by atoms with Gasteiger partial charge in [0.2, 0.25) is 0 Å². The van der Waals surface area contributed by atoms with E-state index in [9.17, 15) is 5.11 Å². The van der Waals surface area contributed by atoms with Crippen LogP contribution in [0, 0.1) is 0 Å². The molecule has 0 unspecified atom stereocenters. The highest BCUT2D eigenvalue weighted by Gasteiger charge is 2.11. The lowest BCUT2D eigenvalue weighted by atomic mass is 10.1. The molecule has 1 heterocycles. The molecule has 0 atom stereocenters. The Kier molecular flexibility index (Phi) is 3.08. The molecule has 0 radical (unpaired) electrons. The lowest BCUT2D eigenvalue weighted by Gasteiger charge is -2.08. The van der Waals surface area contributed by atoms with Crippen LogP contribution in [0.15, 0.2) is 24.4 Å². The van der Waals surface area contributed by atoms with Crippen LogP contribution in [-0.2, 0) is 6.54 Å². The fourth-order valence-corrected chi connectivity index (χ4v) is 1.96. The number of phenolic OH excluding ortho intramolecular Hbond substituents is 1. The summed E-state index contributed by atoms with van der Waals surface area (Å²) in [6.07, 6.45) is 1.70. The summed E-state index contributed by atoms with van der Waals surface area (Å²) in [7, 11) is 0. The molecule has 0 saturated heterocycles. The standard InChI is InChI=1S/C11H10Cl2N2O/c1-2-15-10(3-4-14-15)7-5-9(13)11(16)6-8(7)12/h3-6,16H,2H2,1H3. The number of hydrogen-bond acceptors (Lipinski definition) is 2. The van der Waals surface area contributed by atoms with Crippen molar-refractivity contribution in [3.8, 4) is 17.0 Å². The molecule has 0 amide bonds. The molecule has 0 bridgehead atoms. The van der Waals surface area contributed by atoms with E-state index in [1.807, 2.05) is 17.7 Å². The van der Waals surface area contributed by atoms with Gasteiger partial charge in [0.05, 0.1) is 15.7 Å². The van der Waals surface area contributed by atoms with Gasteiger partial charge in [-0.1, -0.05) is 23.2 Å². The Balaban J connectivity index is 2.60. The highest BCUT2D eigenvalue weighted by Crippen LogP contribution is 2.35. The molecule has 84 valence electrons. The van der Waals surface area contributed by atoms with E-state index < -0.39 is 0 Å². The van der Waals surface area contributed by atoms with E-state index >= 15 is 0 Å². The maximum atomic E-state index is 9.41. The third-order valence-corrected chi connectivity index (χ3v) is 2.94. The first-order valence-electron chi connectivity index (χ1n) is 4.83. The fraction of sp³-hybridized carbons (Fsp3) is 0.182. The first kappa shape index (κ1) is 11.3. The van der Waals surface area contributed by atoms with Gasteiger partial charge in [-0.25, -0.2) is 0 Å². The Morgan fingerprint density at radius 1 is 1.31 bits per heavy atom. The van der Waals surface area contributed by atoms with E-state index in [1.165, 1.54) is 6.07 Å². The van der Waals surface area contributed by atoms with Gasteiger partial charge in [0.15, 0.2) is 0 Å². The largest absolute Gasteiger partial charge is 0.506 e. The molecule has 0 fully saturated rings. The molecule has 0 saturated carbocycles. The van der Waals surface area contributed by atoms with Gasteiger partial charge in [-0.15, -0.1) is 0 Å². The zero-order valence-corrected chi connectivity index (χ0v) is 10.1. The van der Waals surface area contributed by atoms with Crippen molar-refractivity contribution in [3.63, 3.8) is 0 Å². The third-order valence-electron chi connectivity index (χ3n) is 2.33. The zero-order valence-electron chi connectivity index (χ0n) is 8.61. The van der Waals surface area contributed by atoms with Crippen molar-refractivity contribution >= 4 is 23.2 Å². The monoisotopic (exact) mass is 256 g/mol. The molecule has 1 aromatic heterocycles. The van der Waals surface area contributed by atoms with Crippen LogP contribution in [0.2, 0.25) is 10.0 Å². The summed E-state index contributed by atoms with van der Waals surface area (Å²) in [5.41, 5.74) is 1.65. The van der Waals surface area contributed by atoms with Gasteiger partial charge in [-0.2, -0.15) is 5.10 Å². The number of rotatable bonds is 2. The minimum Gasteiger partial charge on any atom is -0.506 e. The van der Waals surface area contributed by atoms with Crippen molar-refractivity contribution in [1.82, 2.24) is 9.78 Å². The molecule has 5 heteroatoms. The van der Waals surface area contributed by atoms with Crippen LogP contribution < -0.4 is 0 Å². The highest BCUT2D eigenvalue weighted by molar-refractivity contribution is 6.36. The fourth-order valence-electron chi connectivity index (χ4n) is 1.55. The number of hydrogen-bond donors (Lipinski definition) is 1. The van der Waals surface area contributed by atoms with Crippen LogP contribution >= 0.6 is 23.2 Å². The summed E-state index contributed by atoms with van der Waals surface area (Å²) in [4.78, 5) is 0. The van der Waals surface area contributed by atoms with E-state index in [4.69, 9.17) is 23.2 Å². The molecule has 1 N–H and O–H groups in total. The lowest BCUT2D eigenvalue weighted by molar-refractivity contribution is 0.475. The topological polar surface area (TPSA) is 38.0 Å². The van der Waals surface area contributed by atoms with Crippen LogP contribution in [0.25, 0.3) is 11.3 Å². The Labute approximate surface area is 103 Å². The molecular formula is C11H10Cl2N2O. The maximum Gasteiger partial charge on any atom is 0.135 e. The second-order valence-corrected chi connectivity index (χ2v) is 4.13. The van der Waals surface area contributed by atoms with Gasteiger partial charge >= 0.3 is 0 Å². The van der Waals surface area contributed by atoms with E-state index in [-0.39, 0.29) is 10.8 Å². The summed E-state index contributed by atoms with van der Waals surface area (Å²) in [5.74, 6) is -0.0158. The van der Waals surface area contributed by atoms with Gasteiger partial charge in [0.25, 0.3) is 0 Å². The Morgan fingerprint density at radius 3 is 2.75 bits per heavy atom. The SMILES string of the molecule is CCn1nccc1-c1cc(Cl)c(O)cc1Cl. The molecule has 0 spiro atoms. The number of benzene rings is 1. The number of phenols is 1. The molecule has 16 heavy (non-hydrogen) atoms. The Hall–Kier alpha value is -1.19. The van der Waals surface area contributed by atoms with E-state index in [2.05, 4.69) is 5.10 Å². The second kappa shape index (κ2) is 4.36. The molecule has 0 aliphatic carbocycles. The van der Waals surface area contributed by atoms with Gasteiger partial charge in [-0.05, 0) is 19.1 Å². The molecule has 1 aromatic carbocycles. The third kappa shape index (κ3) is 1.88. The van der Waals surface area contributed by atoms with Crippen LogP contribution in [0.1, 0.15) is 6.92 Å². The van der Waals surface area contributed by atoms with Crippen molar-refractivity contribution in [1.29, 1.82) is 0 Å². The minimum absolute atomic E-state index is 0.0158. The smallest absolute Gasteiger partial charge is 0.135 e. The van der Waals surface area contributed by atoms with Crippen LogP contribution in [0.5, 0.6) is 5.75 Å².